The number of hydrogen-bond donors (Lipinski definition) is 1. The topological polar surface area (TPSA) is 79.6 Å². The first-order chi connectivity index (χ1) is 13.1. The largest absolute Gasteiger partial charge is 0.430 e. The van der Waals surface area contributed by atoms with Gasteiger partial charge in [0.2, 0.25) is 5.91 Å². The van der Waals surface area contributed by atoms with Gasteiger partial charge in [-0.15, -0.1) is 0 Å². The Morgan fingerprint density at radius 2 is 1.78 bits per heavy atom. The maximum Gasteiger partial charge on any atom is 0.343 e. The van der Waals surface area contributed by atoms with Crippen LogP contribution in [0.4, 0.5) is 0 Å². The van der Waals surface area contributed by atoms with Crippen LogP contribution in [0.5, 0.6) is 0 Å². The summed E-state index contributed by atoms with van der Waals surface area (Å²) in [4.78, 5) is 39.2. The zero-order valence-electron chi connectivity index (χ0n) is 15.3. The van der Waals surface area contributed by atoms with Gasteiger partial charge in [-0.3, -0.25) is 9.59 Å². The summed E-state index contributed by atoms with van der Waals surface area (Å²) in [6.45, 7) is 1.72. The molecule has 142 valence electrons. The first-order valence-corrected chi connectivity index (χ1v) is 9.73. The van der Waals surface area contributed by atoms with Crippen LogP contribution in [0.25, 0.3) is 10.8 Å². The number of rotatable bonds is 3. The van der Waals surface area contributed by atoms with E-state index in [1.807, 2.05) is 4.90 Å². The van der Waals surface area contributed by atoms with Crippen LogP contribution in [-0.4, -0.2) is 35.8 Å². The molecule has 2 fully saturated rings. The van der Waals surface area contributed by atoms with Gasteiger partial charge in [-0.25, -0.2) is 4.79 Å². The second-order valence-corrected chi connectivity index (χ2v) is 7.55. The van der Waals surface area contributed by atoms with Crippen molar-refractivity contribution < 1.29 is 14.0 Å². The van der Waals surface area contributed by atoms with Crippen LogP contribution in [0.15, 0.2) is 39.7 Å². The fraction of sp³-hybridized carbons (Fsp3) is 0.476. The number of carbonyl (C=O) groups excluding carboxylic acids is 2. The number of hydrogen-bond acceptors (Lipinski definition) is 4. The Balaban J connectivity index is 1.43. The van der Waals surface area contributed by atoms with Gasteiger partial charge >= 0.3 is 5.63 Å². The Bertz CT molecular complexity index is 914. The molecule has 0 radical (unpaired) electrons. The molecule has 2 atom stereocenters. The van der Waals surface area contributed by atoms with Gasteiger partial charge < -0.3 is 14.6 Å². The standard InChI is InChI=1S/C21H24N2O4/c24-19(18-13-27-21(26)17-7-3-2-6-16(17)18)22-15-9-8-14(12-15)20(25)23-10-4-1-5-11-23/h2-3,6-7,13-15H,1,4-5,8-12H2,(H,22,24)/t14-,15+/m1/s1. The molecular formula is C21H24N2O4. The highest BCUT2D eigenvalue weighted by Gasteiger charge is 2.34. The highest BCUT2D eigenvalue weighted by molar-refractivity contribution is 6.06. The predicted octanol–water partition coefficient (Wildman–Crippen LogP) is 2.70. The van der Waals surface area contributed by atoms with E-state index in [1.165, 1.54) is 12.7 Å². The van der Waals surface area contributed by atoms with E-state index in [-0.39, 0.29) is 23.8 Å². The van der Waals surface area contributed by atoms with Crippen molar-refractivity contribution in [1.29, 1.82) is 0 Å². The molecule has 1 aliphatic heterocycles. The van der Waals surface area contributed by atoms with Gasteiger partial charge in [-0.1, -0.05) is 18.2 Å². The molecule has 0 bridgehead atoms. The van der Waals surface area contributed by atoms with E-state index in [9.17, 15) is 14.4 Å². The molecule has 1 aliphatic carbocycles. The third-order valence-corrected chi connectivity index (χ3v) is 5.75. The molecule has 1 saturated heterocycles. The van der Waals surface area contributed by atoms with Crippen molar-refractivity contribution in [3.63, 3.8) is 0 Å². The number of likely N-dealkylation sites (tertiary alicyclic amines) is 1. The van der Waals surface area contributed by atoms with Gasteiger partial charge in [-0.2, -0.15) is 0 Å². The van der Waals surface area contributed by atoms with Crippen LogP contribution in [-0.2, 0) is 4.79 Å². The number of amides is 2. The maximum absolute atomic E-state index is 12.7. The molecule has 1 aromatic carbocycles. The number of carbonyl (C=O) groups is 2. The first kappa shape index (κ1) is 17.8. The zero-order valence-corrected chi connectivity index (χ0v) is 15.3. The third kappa shape index (κ3) is 3.61. The van der Waals surface area contributed by atoms with Crippen LogP contribution >= 0.6 is 0 Å². The molecule has 2 heterocycles. The Hall–Kier alpha value is -2.63. The molecule has 2 aliphatic rings. The molecule has 2 amide bonds. The summed E-state index contributed by atoms with van der Waals surface area (Å²) in [5, 5.41) is 4.01. The zero-order chi connectivity index (χ0) is 18.8. The molecule has 1 aromatic heterocycles. The normalized spacial score (nSPS) is 22.7. The number of nitrogens with one attached hydrogen (secondary N) is 1. The van der Waals surface area contributed by atoms with E-state index in [0.717, 1.165) is 38.8 Å². The van der Waals surface area contributed by atoms with E-state index in [2.05, 4.69) is 5.32 Å². The van der Waals surface area contributed by atoms with E-state index in [4.69, 9.17) is 4.42 Å². The van der Waals surface area contributed by atoms with Crippen molar-refractivity contribution in [3.8, 4) is 0 Å². The Morgan fingerprint density at radius 1 is 1.04 bits per heavy atom. The maximum atomic E-state index is 12.7. The molecule has 6 nitrogen and oxygen atoms in total. The molecule has 1 N–H and O–H groups in total. The van der Waals surface area contributed by atoms with Crippen molar-refractivity contribution in [2.75, 3.05) is 13.1 Å². The van der Waals surface area contributed by atoms with Crippen LogP contribution in [0, 0.1) is 5.92 Å². The predicted molar refractivity (Wildman–Crippen MR) is 102 cm³/mol. The lowest BCUT2D eigenvalue weighted by atomic mass is 10.0. The summed E-state index contributed by atoms with van der Waals surface area (Å²) >= 11 is 0. The second kappa shape index (κ2) is 7.55. The van der Waals surface area contributed by atoms with Crippen LogP contribution in [0.3, 0.4) is 0 Å². The fourth-order valence-electron chi connectivity index (χ4n) is 4.28. The molecule has 6 heteroatoms. The Labute approximate surface area is 157 Å². The smallest absolute Gasteiger partial charge is 0.343 e. The van der Waals surface area contributed by atoms with Gasteiger partial charge in [-0.05, 0) is 44.6 Å². The third-order valence-electron chi connectivity index (χ3n) is 5.75. The van der Waals surface area contributed by atoms with Crippen LogP contribution < -0.4 is 10.9 Å². The van der Waals surface area contributed by atoms with Gasteiger partial charge in [0.05, 0.1) is 10.9 Å². The average molecular weight is 368 g/mol. The molecule has 27 heavy (non-hydrogen) atoms. The summed E-state index contributed by atoms with van der Waals surface area (Å²) in [6.07, 6.45) is 6.89. The number of nitrogens with zero attached hydrogens (tertiary/aromatic N) is 1. The van der Waals surface area contributed by atoms with Crippen molar-refractivity contribution in [3.05, 3.63) is 46.5 Å². The van der Waals surface area contributed by atoms with Gasteiger partial charge in [0.15, 0.2) is 0 Å². The van der Waals surface area contributed by atoms with Gasteiger partial charge in [0.25, 0.3) is 5.91 Å². The molecule has 0 spiro atoms. The van der Waals surface area contributed by atoms with Crippen molar-refractivity contribution in [1.82, 2.24) is 10.2 Å². The van der Waals surface area contributed by atoms with Gasteiger partial charge in [0, 0.05) is 30.4 Å². The highest BCUT2D eigenvalue weighted by atomic mass is 16.4. The van der Waals surface area contributed by atoms with Crippen molar-refractivity contribution in [2.24, 2.45) is 5.92 Å². The second-order valence-electron chi connectivity index (χ2n) is 7.55. The molecule has 2 aromatic rings. The SMILES string of the molecule is O=C(N[C@H]1CC[C@@H](C(=O)N2CCCCC2)C1)c1coc(=O)c2ccccc12. The number of fused-ring (bicyclic) bond motifs is 1. The molecule has 4 rings (SSSR count). The van der Waals surface area contributed by atoms with E-state index < -0.39 is 5.63 Å². The van der Waals surface area contributed by atoms with Crippen LogP contribution in [0.2, 0.25) is 0 Å². The Kier molecular flexibility index (Phi) is 4.97. The van der Waals surface area contributed by atoms with E-state index >= 15 is 0 Å². The minimum atomic E-state index is -0.449. The van der Waals surface area contributed by atoms with E-state index in [1.54, 1.807) is 24.3 Å². The van der Waals surface area contributed by atoms with E-state index in [0.29, 0.717) is 22.8 Å². The average Bonchev–Trinajstić information content (AvgIpc) is 3.17. The van der Waals surface area contributed by atoms with Crippen LogP contribution in [0.1, 0.15) is 48.9 Å². The summed E-state index contributed by atoms with van der Waals surface area (Å²) in [5.41, 5.74) is -0.0915. The summed E-state index contributed by atoms with van der Waals surface area (Å²) in [5.74, 6) is -0.0209. The lowest BCUT2D eigenvalue weighted by Gasteiger charge is -2.29. The van der Waals surface area contributed by atoms with Crippen molar-refractivity contribution in [2.45, 2.75) is 44.6 Å². The number of piperidine rings is 1. The quantitative estimate of drug-likeness (QED) is 0.903. The summed E-state index contributed by atoms with van der Waals surface area (Å²) < 4.78 is 5.02. The minimum absolute atomic E-state index is 0.00107. The molecule has 0 unspecified atom stereocenters. The Morgan fingerprint density at radius 3 is 2.56 bits per heavy atom. The van der Waals surface area contributed by atoms with Gasteiger partial charge in [0.1, 0.15) is 6.26 Å². The molecule has 1 saturated carbocycles. The first-order valence-electron chi connectivity index (χ1n) is 9.73. The summed E-state index contributed by atoms with van der Waals surface area (Å²) in [7, 11) is 0. The monoisotopic (exact) mass is 368 g/mol. The lowest BCUT2D eigenvalue weighted by Crippen LogP contribution is -2.40. The highest BCUT2D eigenvalue weighted by Crippen LogP contribution is 2.29. The van der Waals surface area contributed by atoms with Crippen molar-refractivity contribution >= 4 is 22.6 Å². The summed E-state index contributed by atoms with van der Waals surface area (Å²) in [6, 6.07) is 6.91. The lowest BCUT2D eigenvalue weighted by molar-refractivity contribution is -0.136. The number of benzene rings is 1. The molecular weight excluding hydrogens is 344 g/mol. The fourth-order valence-corrected chi connectivity index (χ4v) is 4.28. The minimum Gasteiger partial charge on any atom is -0.430 e.